The molecule has 0 unspecified atom stereocenters. The number of allylic oxidation sites excluding steroid dienone is 1. The standard InChI is InChI=1S/C20H25N3O2/c1-14(11-15-7-4-5-10-19(15)25-3)12-20(24)22-17-8-6-9-18-16(17)13-21-23(18)2/h4-5,7,10,12-13,17H,6,8-9,11H2,1-3H3,(H,22,24)/b14-12+/t17-/m1/s1. The number of rotatable bonds is 5. The van der Waals surface area contributed by atoms with Gasteiger partial charge in [-0.05, 0) is 44.2 Å². The highest BCUT2D eigenvalue weighted by molar-refractivity contribution is 5.88. The molecule has 5 nitrogen and oxygen atoms in total. The lowest BCUT2D eigenvalue weighted by Gasteiger charge is -2.23. The number of benzene rings is 1. The first-order valence-corrected chi connectivity index (χ1v) is 8.69. The summed E-state index contributed by atoms with van der Waals surface area (Å²) < 4.78 is 7.29. The van der Waals surface area contributed by atoms with Crippen molar-refractivity contribution in [2.45, 2.75) is 38.6 Å². The zero-order chi connectivity index (χ0) is 17.8. The number of carbonyl (C=O) groups excluding carboxylic acids is 1. The molecule has 1 amide bonds. The van der Waals surface area contributed by atoms with Crippen LogP contribution in [0.2, 0.25) is 0 Å². The number of hydrogen-bond acceptors (Lipinski definition) is 3. The number of nitrogens with zero attached hydrogens (tertiary/aromatic N) is 2. The van der Waals surface area contributed by atoms with E-state index in [-0.39, 0.29) is 11.9 Å². The zero-order valence-electron chi connectivity index (χ0n) is 15.1. The molecule has 1 aromatic heterocycles. The van der Waals surface area contributed by atoms with Crippen LogP contribution in [0.25, 0.3) is 0 Å². The van der Waals surface area contributed by atoms with Crippen molar-refractivity contribution in [3.63, 3.8) is 0 Å². The second kappa shape index (κ2) is 7.55. The average Bonchev–Trinajstić information content (AvgIpc) is 2.97. The highest BCUT2D eigenvalue weighted by Gasteiger charge is 2.24. The number of para-hydroxylation sites is 1. The van der Waals surface area contributed by atoms with Gasteiger partial charge in [0.1, 0.15) is 5.75 Å². The summed E-state index contributed by atoms with van der Waals surface area (Å²) in [5, 5.41) is 7.46. The van der Waals surface area contributed by atoms with Crippen molar-refractivity contribution in [2.24, 2.45) is 7.05 Å². The van der Waals surface area contributed by atoms with Crippen LogP contribution in [0.3, 0.4) is 0 Å². The summed E-state index contributed by atoms with van der Waals surface area (Å²) in [7, 11) is 3.62. The number of nitrogens with one attached hydrogen (secondary N) is 1. The quantitative estimate of drug-likeness (QED) is 0.852. The Morgan fingerprint density at radius 2 is 2.24 bits per heavy atom. The second-order valence-electron chi connectivity index (χ2n) is 6.60. The molecule has 0 fully saturated rings. The summed E-state index contributed by atoms with van der Waals surface area (Å²) in [4.78, 5) is 12.4. The van der Waals surface area contributed by atoms with E-state index in [0.717, 1.165) is 41.7 Å². The SMILES string of the molecule is COc1ccccc1C/C(C)=C/C(=O)N[C@@H]1CCCc2c1cnn2C. The molecule has 0 saturated carbocycles. The minimum absolute atomic E-state index is 0.0471. The normalized spacial score (nSPS) is 17.1. The number of amides is 1. The summed E-state index contributed by atoms with van der Waals surface area (Å²) in [6.07, 6.45) is 7.33. The van der Waals surface area contributed by atoms with E-state index >= 15 is 0 Å². The van der Waals surface area contributed by atoms with Crippen LogP contribution in [-0.2, 0) is 24.7 Å². The van der Waals surface area contributed by atoms with Gasteiger partial charge in [0, 0.05) is 24.4 Å². The third-order valence-corrected chi connectivity index (χ3v) is 4.73. The van der Waals surface area contributed by atoms with Crippen LogP contribution < -0.4 is 10.1 Å². The van der Waals surface area contributed by atoms with Gasteiger partial charge in [-0.3, -0.25) is 9.48 Å². The lowest BCUT2D eigenvalue weighted by atomic mass is 9.93. The fraction of sp³-hybridized carbons (Fsp3) is 0.400. The summed E-state index contributed by atoms with van der Waals surface area (Å²) in [6.45, 7) is 1.97. The van der Waals surface area contributed by atoms with Crippen molar-refractivity contribution >= 4 is 5.91 Å². The van der Waals surface area contributed by atoms with E-state index < -0.39 is 0 Å². The third-order valence-electron chi connectivity index (χ3n) is 4.73. The van der Waals surface area contributed by atoms with Gasteiger partial charge in [0.2, 0.25) is 5.91 Å². The lowest BCUT2D eigenvalue weighted by Crippen LogP contribution is -2.29. The molecule has 25 heavy (non-hydrogen) atoms. The van der Waals surface area contributed by atoms with E-state index in [2.05, 4.69) is 10.4 Å². The van der Waals surface area contributed by atoms with Crippen molar-refractivity contribution < 1.29 is 9.53 Å². The maximum absolute atomic E-state index is 12.4. The first-order chi connectivity index (χ1) is 12.1. The fourth-order valence-corrected chi connectivity index (χ4v) is 3.49. The van der Waals surface area contributed by atoms with Crippen LogP contribution in [0.15, 0.2) is 42.1 Å². The molecular formula is C20H25N3O2. The smallest absolute Gasteiger partial charge is 0.244 e. The van der Waals surface area contributed by atoms with E-state index in [1.54, 1.807) is 13.2 Å². The molecule has 0 radical (unpaired) electrons. The van der Waals surface area contributed by atoms with Crippen molar-refractivity contribution in [3.8, 4) is 5.75 Å². The Hall–Kier alpha value is -2.56. The number of hydrogen-bond donors (Lipinski definition) is 1. The number of carbonyl (C=O) groups is 1. The molecule has 3 rings (SSSR count). The molecule has 132 valence electrons. The fourth-order valence-electron chi connectivity index (χ4n) is 3.49. The Labute approximate surface area is 148 Å². The van der Waals surface area contributed by atoms with Gasteiger partial charge in [-0.1, -0.05) is 23.8 Å². The van der Waals surface area contributed by atoms with Gasteiger partial charge in [-0.15, -0.1) is 0 Å². The average molecular weight is 339 g/mol. The molecule has 1 atom stereocenters. The van der Waals surface area contributed by atoms with Gasteiger partial charge in [0.05, 0.1) is 19.3 Å². The molecule has 1 N–H and O–H groups in total. The van der Waals surface area contributed by atoms with Crippen LogP contribution >= 0.6 is 0 Å². The van der Waals surface area contributed by atoms with Crippen molar-refractivity contribution in [1.29, 1.82) is 0 Å². The summed E-state index contributed by atoms with van der Waals surface area (Å²) in [5.41, 5.74) is 4.46. The predicted molar refractivity (Wildman–Crippen MR) is 97.5 cm³/mol. The van der Waals surface area contributed by atoms with Crippen LogP contribution in [0.4, 0.5) is 0 Å². The molecular weight excluding hydrogens is 314 g/mol. The molecule has 0 aliphatic heterocycles. The molecule has 5 heteroatoms. The monoisotopic (exact) mass is 339 g/mol. The van der Waals surface area contributed by atoms with E-state index in [0.29, 0.717) is 6.42 Å². The summed E-state index contributed by atoms with van der Waals surface area (Å²) in [5.74, 6) is 0.803. The number of aryl methyl sites for hydroxylation is 1. The molecule has 0 bridgehead atoms. The Bertz CT molecular complexity index is 792. The molecule has 1 aromatic carbocycles. The van der Waals surface area contributed by atoms with Gasteiger partial charge in [0.15, 0.2) is 0 Å². The van der Waals surface area contributed by atoms with Crippen molar-refractivity contribution in [2.75, 3.05) is 7.11 Å². The van der Waals surface area contributed by atoms with Crippen LogP contribution in [0, 0.1) is 0 Å². The maximum atomic E-state index is 12.4. The maximum Gasteiger partial charge on any atom is 0.244 e. The van der Waals surface area contributed by atoms with Crippen LogP contribution in [-0.4, -0.2) is 22.8 Å². The van der Waals surface area contributed by atoms with Gasteiger partial charge >= 0.3 is 0 Å². The van der Waals surface area contributed by atoms with Gasteiger partial charge in [0.25, 0.3) is 0 Å². The van der Waals surface area contributed by atoms with Gasteiger partial charge < -0.3 is 10.1 Å². The van der Waals surface area contributed by atoms with Crippen LogP contribution in [0.1, 0.15) is 42.6 Å². The largest absolute Gasteiger partial charge is 0.496 e. The zero-order valence-corrected chi connectivity index (χ0v) is 15.1. The molecule has 0 saturated heterocycles. The summed E-state index contributed by atoms with van der Waals surface area (Å²) >= 11 is 0. The molecule has 1 heterocycles. The van der Waals surface area contributed by atoms with E-state index in [1.807, 2.05) is 49.1 Å². The first-order valence-electron chi connectivity index (χ1n) is 8.69. The van der Waals surface area contributed by atoms with Gasteiger partial charge in [-0.25, -0.2) is 0 Å². The Kier molecular flexibility index (Phi) is 5.22. The second-order valence-corrected chi connectivity index (χ2v) is 6.60. The number of methoxy groups -OCH3 is 1. The topological polar surface area (TPSA) is 56.1 Å². The van der Waals surface area contributed by atoms with E-state index in [1.165, 1.54) is 5.69 Å². The Morgan fingerprint density at radius 3 is 3.04 bits per heavy atom. The van der Waals surface area contributed by atoms with Crippen molar-refractivity contribution in [1.82, 2.24) is 15.1 Å². The third kappa shape index (κ3) is 3.92. The Balaban J connectivity index is 1.67. The minimum Gasteiger partial charge on any atom is -0.496 e. The lowest BCUT2D eigenvalue weighted by molar-refractivity contribution is -0.117. The van der Waals surface area contributed by atoms with Crippen LogP contribution in [0.5, 0.6) is 5.75 Å². The first kappa shape index (κ1) is 17.3. The molecule has 1 aliphatic carbocycles. The predicted octanol–water partition coefficient (Wildman–Crippen LogP) is 3.11. The van der Waals surface area contributed by atoms with E-state index in [4.69, 9.17) is 4.74 Å². The number of ether oxygens (including phenoxy) is 1. The van der Waals surface area contributed by atoms with Crippen molar-refractivity contribution in [3.05, 3.63) is 58.9 Å². The Morgan fingerprint density at radius 1 is 1.44 bits per heavy atom. The molecule has 1 aliphatic rings. The summed E-state index contributed by atoms with van der Waals surface area (Å²) in [6, 6.07) is 7.95. The molecule has 2 aromatic rings. The van der Waals surface area contributed by atoms with Gasteiger partial charge in [-0.2, -0.15) is 5.10 Å². The number of fused-ring (bicyclic) bond motifs is 1. The minimum atomic E-state index is -0.0471. The van der Waals surface area contributed by atoms with E-state index in [9.17, 15) is 4.79 Å². The highest BCUT2D eigenvalue weighted by Crippen LogP contribution is 2.29. The molecule has 0 spiro atoms. The number of aromatic nitrogens is 2. The highest BCUT2D eigenvalue weighted by atomic mass is 16.5.